The maximum absolute atomic E-state index is 13.5. The molecule has 0 fully saturated rings. The molecule has 0 amide bonds. The number of rotatable bonds is 3. The van der Waals surface area contributed by atoms with Crippen LogP contribution in [0.3, 0.4) is 0 Å². The summed E-state index contributed by atoms with van der Waals surface area (Å²) >= 11 is 11.9. The quantitative estimate of drug-likeness (QED) is 0.737. The van der Waals surface area contributed by atoms with Crippen LogP contribution in [-0.4, -0.2) is 12.5 Å². The van der Waals surface area contributed by atoms with Crippen molar-refractivity contribution in [3.63, 3.8) is 0 Å². The van der Waals surface area contributed by atoms with E-state index in [1.165, 1.54) is 12.1 Å². The van der Waals surface area contributed by atoms with Crippen LogP contribution >= 0.6 is 23.4 Å². The number of hydrogen-bond donors (Lipinski definition) is 1. The number of sulfonamides is 1. The Morgan fingerprint density at radius 2 is 1.65 bits per heavy atom. The number of nitrogens with one attached hydrogen (secondary N) is 1. The Morgan fingerprint density at radius 3 is 2.30 bits per heavy atom. The van der Waals surface area contributed by atoms with E-state index < -0.39 is 21.7 Å². The highest BCUT2D eigenvalue weighted by Crippen LogP contribution is 2.37. The van der Waals surface area contributed by atoms with E-state index in [2.05, 4.69) is 4.72 Å². The van der Waals surface area contributed by atoms with Crippen LogP contribution < -0.4 is 4.72 Å². The highest BCUT2D eigenvalue weighted by molar-refractivity contribution is 7.92. The second-order valence-corrected chi connectivity index (χ2v) is 7.03. The number of halogens is 4. The normalized spacial score (nSPS) is 11.8. The van der Waals surface area contributed by atoms with Crippen LogP contribution in [0.25, 0.3) is 10.9 Å². The summed E-state index contributed by atoms with van der Waals surface area (Å²) in [6, 6.07) is 9.20. The van der Waals surface area contributed by atoms with Crippen molar-refractivity contribution in [2.45, 2.75) is 4.90 Å². The van der Waals surface area contributed by atoms with Crippen molar-refractivity contribution in [1.82, 2.24) is 4.09 Å². The van der Waals surface area contributed by atoms with Gasteiger partial charge in [0, 0.05) is 23.2 Å². The predicted octanol–water partition coefficient (Wildman–Crippen LogP) is 4.38. The smallest absolute Gasteiger partial charge is 0.262 e. The number of hydrogen-bond acceptors (Lipinski definition) is 2. The molecule has 3 aromatic rings. The molecule has 120 valence electrons. The lowest BCUT2D eigenvalue weighted by Crippen LogP contribution is -2.12. The van der Waals surface area contributed by atoms with Crippen LogP contribution in [0.15, 0.2) is 47.4 Å². The van der Waals surface area contributed by atoms with Gasteiger partial charge in [0.05, 0.1) is 16.1 Å². The first kappa shape index (κ1) is 16.0. The van der Waals surface area contributed by atoms with Gasteiger partial charge >= 0.3 is 0 Å². The van der Waals surface area contributed by atoms with E-state index in [4.69, 9.17) is 23.4 Å². The Morgan fingerprint density at radius 1 is 1.04 bits per heavy atom. The molecule has 1 aromatic heterocycles. The second kappa shape index (κ2) is 5.67. The third kappa shape index (κ3) is 2.75. The van der Waals surface area contributed by atoms with E-state index in [9.17, 15) is 17.2 Å². The summed E-state index contributed by atoms with van der Waals surface area (Å²) < 4.78 is 54.7. The molecule has 9 heteroatoms. The van der Waals surface area contributed by atoms with Crippen molar-refractivity contribution >= 4 is 50.0 Å². The Balaban J connectivity index is 2.18. The summed E-state index contributed by atoms with van der Waals surface area (Å²) in [4.78, 5) is -0.00544. The van der Waals surface area contributed by atoms with E-state index in [-0.39, 0.29) is 26.6 Å². The number of fused-ring (bicyclic) bond motifs is 1. The van der Waals surface area contributed by atoms with Gasteiger partial charge < -0.3 is 0 Å². The minimum atomic E-state index is -3.96. The molecule has 0 aliphatic heterocycles. The van der Waals surface area contributed by atoms with Crippen molar-refractivity contribution in [3.05, 3.63) is 59.3 Å². The lowest BCUT2D eigenvalue weighted by molar-refractivity contribution is 0.511. The first-order valence-electron chi connectivity index (χ1n) is 6.24. The predicted molar refractivity (Wildman–Crippen MR) is 85.4 cm³/mol. The van der Waals surface area contributed by atoms with Crippen LogP contribution in [0, 0.1) is 11.6 Å². The SMILES string of the molecule is O=S(=O)(Nc1c(Cl)n(Cl)c2cc(F)c(F)cc12)c1ccccc1. The molecule has 0 aliphatic carbocycles. The topological polar surface area (TPSA) is 51.1 Å². The van der Waals surface area contributed by atoms with Gasteiger partial charge in [0.25, 0.3) is 10.0 Å². The van der Waals surface area contributed by atoms with Gasteiger partial charge in [-0.25, -0.2) is 21.3 Å². The standard InChI is InChI=1S/C14H8Cl2F2N2O2S/c15-14-13(19-23(21,22)8-4-2-1-3-5-8)9-6-10(17)11(18)7-12(9)20(14)16/h1-7,19H. The fourth-order valence-electron chi connectivity index (χ4n) is 2.10. The largest absolute Gasteiger partial charge is 0.276 e. The fraction of sp³-hybridized carbons (Fsp3) is 0. The molecule has 1 N–H and O–H groups in total. The van der Waals surface area contributed by atoms with Crippen LogP contribution in [0.4, 0.5) is 14.5 Å². The Kier molecular flexibility index (Phi) is 3.95. The highest BCUT2D eigenvalue weighted by atomic mass is 35.5. The molecule has 0 atom stereocenters. The second-order valence-electron chi connectivity index (χ2n) is 4.65. The van der Waals surface area contributed by atoms with E-state index >= 15 is 0 Å². The zero-order chi connectivity index (χ0) is 16.8. The van der Waals surface area contributed by atoms with E-state index in [1.54, 1.807) is 18.2 Å². The van der Waals surface area contributed by atoms with Gasteiger partial charge in [-0.15, -0.1) is 0 Å². The summed E-state index contributed by atoms with van der Waals surface area (Å²) in [6.45, 7) is 0. The molecule has 1 heterocycles. The first-order valence-corrected chi connectivity index (χ1v) is 8.44. The van der Waals surface area contributed by atoms with Gasteiger partial charge in [0.1, 0.15) is 5.15 Å². The maximum Gasteiger partial charge on any atom is 0.262 e. The van der Waals surface area contributed by atoms with E-state index in [1.807, 2.05) is 0 Å². The van der Waals surface area contributed by atoms with E-state index in [0.717, 1.165) is 16.2 Å². The summed E-state index contributed by atoms with van der Waals surface area (Å²) in [6.07, 6.45) is 0. The van der Waals surface area contributed by atoms with Gasteiger partial charge in [-0.05, 0) is 18.2 Å². The lowest BCUT2D eigenvalue weighted by atomic mass is 10.2. The molecule has 4 nitrogen and oxygen atoms in total. The zero-order valence-electron chi connectivity index (χ0n) is 11.2. The molecule has 2 aromatic carbocycles. The first-order chi connectivity index (χ1) is 10.8. The van der Waals surface area contributed by atoms with Gasteiger partial charge in [-0.3, -0.25) is 4.72 Å². The van der Waals surface area contributed by atoms with Crippen LogP contribution in [-0.2, 0) is 10.0 Å². The van der Waals surface area contributed by atoms with Crippen LogP contribution in [0.2, 0.25) is 5.15 Å². The fourth-order valence-corrected chi connectivity index (χ4v) is 3.73. The van der Waals surface area contributed by atoms with E-state index in [0.29, 0.717) is 0 Å². The monoisotopic (exact) mass is 376 g/mol. The van der Waals surface area contributed by atoms with Crippen LogP contribution in [0.1, 0.15) is 0 Å². The minimum absolute atomic E-state index is 0.00544. The number of anilines is 1. The molecule has 0 unspecified atom stereocenters. The van der Waals surface area contributed by atoms with Gasteiger partial charge in [0.15, 0.2) is 11.6 Å². The molecule has 0 spiro atoms. The number of nitrogens with zero attached hydrogens (tertiary/aromatic N) is 1. The van der Waals surface area contributed by atoms with Crippen LogP contribution in [0.5, 0.6) is 0 Å². The van der Waals surface area contributed by atoms with Crippen molar-refractivity contribution in [3.8, 4) is 0 Å². The van der Waals surface area contributed by atoms with Gasteiger partial charge in [0.2, 0.25) is 0 Å². The lowest BCUT2D eigenvalue weighted by Gasteiger charge is -2.07. The Hall–Kier alpha value is -1.83. The summed E-state index contributed by atoms with van der Waals surface area (Å²) in [5.74, 6) is -2.26. The van der Waals surface area contributed by atoms with Gasteiger partial charge in [-0.1, -0.05) is 29.8 Å². The summed E-state index contributed by atoms with van der Waals surface area (Å²) in [5.41, 5.74) is -0.0826. The molecule has 23 heavy (non-hydrogen) atoms. The Labute approximate surface area is 140 Å². The zero-order valence-corrected chi connectivity index (χ0v) is 13.6. The van der Waals surface area contributed by atoms with Crippen molar-refractivity contribution < 1.29 is 17.2 Å². The summed E-state index contributed by atoms with van der Waals surface area (Å²) in [7, 11) is -3.96. The average Bonchev–Trinajstić information content (AvgIpc) is 2.74. The summed E-state index contributed by atoms with van der Waals surface area (Å²) in [5, 5.41) is -0.158. The molecular formula is C14H8Cl2F2N2O2S. The molecule has 3 rings (SSSR count). The molecule has 0 saturated carbocycles. The molecule has 0 bridgehead atoms. The maximum atomic E-state index is 13.5. The third-order valence-corrected chi connectivity index (χ3v) is 5.35. The third-order valence-electron chi connectivity index (χ3n) is 3.19. The number of aromatic nitrogens is 1. The molecule has 0 saturated heterocycles. The van der Waals surface area contributed by atoms with Crippen molar-refractivity contribution in [2.24, 2.45) is 0 Å². The molecular weight excluding hydrogens is 369 g/mol. The highest BCUT2D eigenvalue weighted by Gasteiger charge is 2.23. The van der Waals surface area contributed by atoms with Crippen molar-refractivity contribution in [1.29, 1.82) is 0 Å². The average molecular weight is 377 g/mol. The molecule has 0 aliphatic rings. The Bertz CT molecular complexity index is 1000. The number of benzene rings is 2. The van der Waals surface area contributed by atoms with Crippen molar-refractivity contribution in [2.75, 3.05) is 4.72 Å². The molecule has 0 radical (unpaired) electrons. The van der Waals surface area contributed by atoms with Gasteiger partial charge in [-0.2, -0.15) is 0 Å². The minimum Gasteiger partial charge on any atom is -0.276 e.